The summed E-state index contributed by atoms with van der Waals surface area (Å²) in [5.74, 6) is 1.60. The topological polar surface area (TPSA) is 163 Å². The molecule has 2 aliphatic rings. The van der Waals surface area contributed by atoms with Gasteiger partial charge < -0.3 is 9.97 Å². The molecule has 0 radical (unpaired) electrons. The Bertz CT molecular complexity index is 2670. The van der Waals surface area contributed by atoms with Crippen LogP contribution >= 0.6 is 0 Å². The van der Waals surface area contributed by atoms with Crippen LogP contribution in [-0.4, -0.2) is 112 Å². The number of nitrogens with zero attached hydrogens (tertiary/aromatic N) is 6. The molecule has 4 aromatic carbocycles. The molecular formula is C32H20N8Na2O3S. The molecule has 0 saturated carbocycles. The fraction of sp³-hybridized carbons (Fsp3) is 0. The van der Waals surface area contributed by atoms with E-state index in [9.17, 15) is 13.0 Å². The zero-order valence-electron chi connectivity index (χ0n) is 22.5. The Morgan fingerprint density at radius 2 is 0.826 bits per heavy atom. The van der Waals surface area contributed by atoms with Crippen LogP contribution in [0.25, 0.3) is 89.7 Å². The van der Waals surface area contributed by atoms with Crippen LogP contribution in [0, 0.1) is 0 Å². The van der Waals surface area contributed by atoms with Crippen LogP contribution in [0.3, 0.4) is 0 Å². The van der Waals surface area contributed by atoms with Crippen LogP contribution < -0.4 is 0 Å². The molecule has 3 N–H and O–H groups in total. The van der Waals surface area contributed by atoms with Crippen molar-refractivity contribution < 1.29 is 13.0 Å². The van der Waals surface area contributed by atoms with Gasteiger partial charge in [0.15, 0.2) is 23.3 Å². The minimum absolute atomic E-state index is 0. The van der Waals surface area contributed by atoms with Crippen LogP contribution in [-0.2, 0) is 10.1 Å². The van der Waals surface area contributed by atoms with Crippen LogP contribution in [0.1, 0.15) is 0 Å². The summed E-state index contributed by atoms with van der Waals surface area (Å²) in [6.45, 7) is 0. The first-order valence-corrected chi connectivity index (χ1v) is 15.1. The van der Waals surface area contributed by atoms with Gasteiger partial charge in [-0.1, -0.05) is 84.9 Å². The summed E-state index contributed by atoms with van der Waals surface area (Å²) in [7, 11) is -4.62. The molecular weight excluding hydrogens is 622 g/mol. The zero-order chi connectivity index (χ0) is 29.6. The molecule has 9 rings (SSSR count). The molecule has 0 unspecified atom stereocenters. The predicted molar refractivity (Wildman–Crippen MR) is 180 cm³/mol. The number of hydrogen-bond acceptors (Lipinski definition) is 8. The molecule has 11 nitrogen and oxygen atoms in total. The summed E-state index contributed by atoms with van der Waals surface area (Å²) < 4.78 is 35.2. The summed E-state index contributed by atoms with van der Waals surface area (Å²) in [6.07, 6.45) is 0. The first-order valence-electron chi connectivity index (χ1n) is 13.6. The number of hydrogen-bond donors (Lipinski definition) is 3. The number of benzene rings is 4. The van der Waals surface area contributed by atoms with E-state index in [1.807, 2.05) is 72.8 Å². The van der Waals surface area contributed by atoms with E-state index in [2.05, 4.69) is 9.97 Å². The Hall–Kier alpha value is -3.85. The van der Waals surface area contributed by atoms with E-state index in [4.69, 9.17) is 29.9 Å². The van der Waals surface area contributed by atoms with E-state index < -0.39 is 10.1 Å². The van der Waals surface area contributed by atoms with Gasteiger partial charge >= 0.3 is 59.1 Å². The Morgan fingerprint density at radius 1 is 0.457 bits per heavy atom. The molecule has 46 heavy (non-hydrogen) atoms. The molecule has 7 aromatic rings. The summed E-state index contributed by atoms with van der Waals surface area (Å²) in [5, 5.41) is 2.36. The molecule has 3 aromatic heterocycles. The molecule has 8 bridgehead atoms. The van der Waals surface area contributed by atoms with Gasteiger partial charge in [0.1, 0.15) is 27.5 Å². The van der Waals surface area contributed by atoms with Gasteiger partial charge in [0, 0.05) is 43.8 Å². The van der Waals surface area contributed by atoms with Gasteiger partial charge in [-0.3, -0.25) is 4.55 Å². The van der Waals surface area contributed by atoms with E-state index in [1.54, 1.807) is 12.1 Å². The van der Waals surface area contributed by atoms with Crippen molar-refractivity contribution in [1.82, 2.24) is 39.9 Å². The molecule has 0 amide bonds. The fourth-order valence-corrected chi connectivity index (χ4v) is 6.59. The Balaban J connectivity index is 0.00000169. The zero-order valence-corrected chi connectivity index (χ0v) is 23.3. The van der Waals surface area contributed by atoms with E-state index in [-0.39, 0.29) is 75.0 Å². The molecule has 214 valence electrons. The average molecular weight is 643 g/mol. The van der Waals surface area contributed by atoms with Crippen molar-refractivity contribution in [2.75, 3.05) is 0 Å². The number of nitrogens with one attached hydrogen (secondary N) is 2. The van der Waals surface area contributed by atoms with Gasteiger partial charge in [-0.05, 0) is 6.07 Å². The minimum atomic E-state index is -4.62. The molecule has 5 heterocycles. The number of H-pyrrole nitrogens is 2. The number of fused-ring (bicyclic) bond motifs is 20. The molecule has 2 aliphatic heterocycles. The quantitative estimate of drug-likeness (QED) is 0.168. The van der Waals surface area contributed by atoms with Crippen LogP contribution in [0.5, 0.6) is 0 Å². The van der Waals surface area contributed by atoms with Gasteiger partial charge in [-0.2, -0.15) is 8.42 Å². The molecule has 0 saturated heterocycles. The van der Waals surface area contributed by atoms with Gasteiger partial charge in [-0.25, -0.2) is 29.9 Å². The second-order valence-corrected chi connectivity index (χ2v) is 11.8. The van der Waals surface area contributed by atoms with E-state index >= 15 is 0 Å². The van der Waals surface area contributed by atoms with Crippen molar-refractivity contribution in [2.45, 2.75) is 4.90 Å². The van der Waals surface area contributed by atoms with Crippen LogP contribution in [0.4, 0.5) is 0 Å². The summed E-state index contributed by atoms with van der Waals surface area (Å²) >= 11 is 0. The fourth-order valence-electron chi connectivity index (χ4n) is 5.87. The molecule has 14 heteroatoms. The third-order valence-electron chi connectivity index (χ3n) is 7.82. The van der Waals surface area contributed by atoms with Gasteiger partial charge in [-0.15, -0.1) is 0 Å². The van der Waals surface area contributed by atoms with Gasteiger partial charge in [0.05, 0.1) is 0 Å². The Labute approximate surface area is 305 Å². The summed E-state index contributed by atoms with van der Waals surface area (Å²) in [5.41, 5.74) is 4.68. The maximum atomic E-state index is 12.5. The van der Waals surface area contributed by atoms with Crippen molar-refractivity contribution in [1.29, 1.82) is 0 Å². The Morgan fingerprint density at radius 3 is 1.28 bits per heavy atom. The number of aromatic amines is 2. The molecule has 0 spiro atoms. The first kappa shape index (κ1) is 30.8. The number of aromatic nitrogens is 8. The van der Waals surface area contributed by atoms with Crippen molar-refractivity contribution in [2.24, 2.45) is 0 Å². The van der Waals surface area contributed by atoms with Crippen LogP contribution in [0.2, 0.25) is 0 Å². The number of rotatable bonds is 1. The first-order chi connectivity index (χ1) is 21.4. The molecule has 0 fully saturated rings. The molecule has 0 atom stereocenters. The second-order valence-electron chi connectivity index (χ2n) is 10.4. The SMILES string of the molecule is O=S(=O)(O)c1cccc2c3nc4nc(nc5[nH]c(nc6nc(nc([nH]3)c12)-c1ccccc1-6)c1ccccc51)-c1ccccc1-4.[NaH].[NaH]. The normalized spacial score (nSPS) is 11.8. The van der Waals surface area contributed by atoms with Crippen LogP contribution in [0.15, 0.2) is 95.9 Å². The van der Waals surface area contributed by atoms with E-state index in [0.717, 1.165) is 33.0 Å². The third kappa shape index (κ3) is 4.81. The third-order valence-corrected chi connectivity index (χ3v) is 8.72. The maximum absolute atomic E-state index is 12.5. The second kappa shape index (κ2) is 11.4. The monoisotopic (exact) mass is 642 g/mol. The van der Waals surface area contributed by atoms with E-state index in [1.165, 1.54) is 6.07 Å². The average Bonchev–Trinajstić information content (AvgIpc) is 3.76. The van der Waals surface area contributed by atoms with Crippen molar-refractivity contribution in [3.8, 4) is 45.6 Å². The summed E-state index contributed by atoms with van der Waals surface area (Å²) in [6, 6.07) is 27.6. The van der Waals surface area contributed by atoms with Gasteiger partial charge in [0.25, 0.3) is 10.1 Å². The van der Waals surface area contributed by atoms with E-state index in [0.29, 0.717) is 45.6 Å². The summed E-state index contributed by atoms with van der Waals surface area (Å²) in [4.78, 5) is 35.4. The standard InChI is InChI=1S/C32H18N8O3S.2Na.2H/c41-44(42,43)23-15-7-14-22-24(23)32-39-30-21-13-6-5-12-20(21)28(37-30)35-26-17-9-2-1-8-16(17)25(33-26)34-27-18-10-3-4-11-19(18)29(36-27)38-31(22)40-32;;;;/h1-15H,(H,41,42,43)(H2,33,34,35,36,37,38,39,40);;;;. The van der Waals surface area contributed by atoms with Gasteiger partial charge in [0.2, 0.25) is 0 Å². The Kier molecular flexibility index (Phi) is 7.66. The van der Waals surface area contributed by atoms with Crippen molar-refractivity contribution in [3.63, 3.8) is 0 Å². The molecule has 0 aliphatic carbocycles. The van der Waals surface area contributed by atoms with Crippen molar-refractivity contribution >= 4 is 113 Å². The van der Waals surface area contributed by atoms with Crippen molar-refractivity contribution in [3.05, 3.63) is 91.0 Å². The predicted octanol–water partition coefficient (Wildman–Crippen LogP) is 4.82.